The maximum absolute atomic E-state index is 13.2. The van der Waals surface area contributed by atoms with Gasteiger partial charge in [0.2, 0.25) is 0 Å². The summed E-state index contributed by atoms with van der Waals surface area (Å²) < 4.78 is 18.9. The van der Waals surface area contributed by atoms with Crippen molar-refractivity contribution in [3.05, 3.63) is 45.7 Å². The number of nitrogens with two attached hydrogens (primary N) is 1. The third-order valence-electron chi connectivity index (χ3n) is 2.74. The van der Waals surface area contributed by atoms with Gasteiger partial charge in [0.15, 0.2) is 0 Å². The number of hydrogen-bond donors (Lipinski definition) is 1. The molecule has 1 unspecified atom stereocenters. The van der Waals surface area contributed by atoms with Gasteiger partial charge < -0.3 is 10.5 Å². The van der Waals surface area contributed by atoms with E-state index in [4.69, 9.17) is 10.5 Å². The predicted octanol–water partition coefficient (Wildman–Crippen LogP) is 3.44. The van der Waals surface area contributed by atoms with Gasteiger partial charge in [0.05, 0.1) is 10.7 Å². The van der Waals surface area contributed by atoms with E-state index < -0.39 is 0 Å². The molecule has 2 N–H and O–H groups in total. The average Bonchev–Trinajstić information content (AvgIpc) is 2.85. The number of aryl methyl sites for hydroxylation is 1. The molecule has 1 aromatic carbocycles. The Bertz CT molecular complexity index is 554. The van der Waals surface area contributed by atoms with Crippen molar-refractivity contribution < 1.29 is 9.13 Å². The van der Waals surface area contributed by atoms with E-state index in [2.05, 4.69) is 11.9 Å². The van der Waals surface area contributed by atoms with Crippen LogP contribution in [-0.4, -0.2) is 4.98 Å². The van der Waals surface area contributed by atoms with Gasteiger partial charge in [0, 0.05) is 17.0 Å². The van der Waals surface area contributed by atoms with E-state index in [9.17, 15) is 4.39 Å². The minimum absolute atomic E-state index is 0.271. The van der Waals surface area contributed by atoms with Crippen molar-refractivity contribution in [1.29, 1.82) is 0 Å². The van der Waals surface area contributed by atoms with Gasteiger partial charge in [0.1, 0.15) is 18.2 Å². The Labute approximate surface area is 116 Å². The van der Waals surface area contributed by atoms with Crippen molar-refractivity contribution >= 4 is 11.3 Å². The summed E-state index contributed by atoms with van der Waals surface area (Å²) in [5.74, 6) is 0.309. The molecule has 5 heteroatoms. The molecule has 3 nitrogen and oxygen atoms in total. The topological polar surface area (TPSA) is 48.1 Å². The fourth-order valence-electron chi connectivity index (χ4n) is 1.74. The van der Waals surface area contributed by atoms with Gasteiger partial charge in [-0.15, -0.1) is 11.3 Å². The third kappa shape index (κ3) is 3.52. The van der Waals surface area contributed by atoms with Crippen LogP contribution >= 0.6 is 11.3 Å². The molecule has 0 aliphatic heterocycles. The van der Waals surface area contributed by atoms with Crippen molar-refractivity contribution in [2.45, 2.75) is 32.9 Å². The largest absolute Gasteiger partial charge is 0.487 e. The summed E-state index contributed by atoms with van der Waals surface area (Å²) in [6.07, 6.45) is 0.923. The van der Waals surface area contributed by atoms with Gasteiger partial charge in [-0.05, 0) is 31.5 Å². The Balaban J connectivity index is 2.10. The molecule has 2 aromatic rings. The van der Waals surface area contributed by atoms with Crippen molar-refractivity contribution in [3.8, 4) is 5.75 Å². The molecular formula is C14H17FN2OS. The quantitative estimate of drug-likeness (QED) is 0.912. The fourth-order valence-corrected chi connectivity index (χ4v) is 2.47. The molecule has 0 bridgehead atoms. The summed E-state index contributed by atoms with van der Waals surface area (Å²) >= 11 is 1.62. The van der Waals surface area contributed by atoms with Crippen molar-refractivity contribution in [2.24, 2.45) is 5.73 Å². The zero-order valence-corrected chi connectivity index (χ0v) is 11.8. The summed E-state index contributed by atoms with van der Waals surface area (Å²) in [7, 11) is 0. The summed E-state index contributed by atoms with van der Waals surface area (Å²) in [5.41, 5.74) is 7.38. The van der Waals surface area contributed by atoms with Gasteiger partial charge in [0.25, 0.3) is 0 Å². The maximum atomic E-state index is 13.2. The molecular weight excluding hydrogens is 263 g/mol. The first-order valence-electron chi connectivity index (χ1n) is 6.21. The highest BCUT2D eigenvalue weighted by Gasteiger charge is 2.10. The number of nitrogens with zero attached hydrogens (tertiary/aromatic N) is 1. The summed E-state index contributed by atoms with van der Waals surface area (Å²) in [6, 6.07) is 4.13. The lowest BCUT2D eigenvalue weighted by molar-refractivity contribution is 0.296. The van der Waals surface area contributed by atoms with E-state index >= 15 is 0 Å². The van der Waals surface area contributed by atoms with E-state index in [1.807, 2.05) is 5.38 Å². The standard InChI is InChI=1S/C14H17FN2OS/c1-3-14-17-11(8-19-14)7-18-13-5-4-10(15)6-12(13)9(2)16/h4-6,8-9H,3,7,16H2,1-2H3. The zero-order valence-electron chi connectivity index (χ0n) is 11.0. The normalized spacial score (nSPS) is 12.4. The molecule has 0 saturated heterocycles. The van der Waals surface area contributed by atoms with Gasteiger partial charge in [-0.1, -0.05) is 6.92 Å². The lowest BCUT2D eigenvalue weighted by Gasteiger charge is -2.13. The van der Waals surface area contributed by atoms with Crippen LogP contribution in [0.1, 0.15) is 36.2 Å². The van der Waals surface area contributed by atoms with Crippen LogP contribution < -0.4 is 10.5 Å². The second-order valence-corrected chi connectivity index (χ2v) is 5.29. The van der Waals surface area contributed by atoms with Crippen LogP contribution in [0.3, 0.4) is 0 Å². The second-order valence-electron chi connectivity index (χ2n) is 4.35. The van der Waals surface area contributed by atoms with Crippen LogP contribution in [0.4, 0.5) is 4.39 Å². The molecule has 19 heavy (non-hydrogen) atoms. The van der Waals surface area contributed by atoms with Crippen LogP contribution in [0.25, 0.3) is 0 Å². The molecule has 0 fully saturated rings. The first kappa shape index (κ1) is 14.0. The van der Waals surface area contributed by atoms with Crippen molar-refractivity contribution in [3.63, 3.8) is 0 Å². The van der Waals surface area contributed by atoms with Crippen LogP contribution in [0.5, 0.6) is 5.75 Å². The first-order valence-corrected chi connectivity index (χ1v) is 7.09. The van der Waals surface area contributed by atoms with E-state index in [0.717, 1.165) is 17.1 Å². The molecule has 0 aliphatic rings. The number of benzene rings is 1. The van der Waals surface area contributed by atoms with Gasteiger partial charge in [-0.25, -0.2) is 9.37 Å². The smallest absolute Gasteiger partial charge is 0.131 e. The fraction of sp³-hybridized carbons (Fsp3) is 0.357. The molecule has 1 aromatic heterocycles. The number of halogens is 1. The van der Waals surface area contributed by atoms with E-state index in [1.165, 1.54) is 12.1 Å². The number of thiazole rings is 1. The minimum Gasteiger partial charge on any atom is -0.487 e. The third-order valence-corrected chi connectivity index (χ3v) is 3.78. The molecule has 0 radical (unpaired) electrons. The summed E-state index contributed by atoms with van der Waals surface area (Å²) in [4.78, 5) is 4.42. The van der Waals surface area contributed by atoms with Gasteiger partial charge in [-0.3, -0.25) is 0 Å². The Morgan fingerprint density at radius 1 is 1.47 bits per heavy atom. The van der Waals surface area contributed by atoms with Crippen LogP contribution in [0, 0.1) is 5.82 Å². The summed E-state index contributed by atoms with van der Waals surface area (Å²) in [5, 5.41) is 3.07. The molecule has 0 spiro atoms. The number of rotatable bonds is 5. The Hall–Kier alpha value is -1.46. The Morgan fingerprint density at radius 2 is 2.26 bits per heavy atom. The molecule has 0 aliphatic carbocycles. The van der Waals surface area contributed by atoms with Crippen molar-refractivity contribution in [1.82, 2.24) is 4.98 Å². The molecule has 0 saturated carbocycles. The number of ether oxygens (including phenoxy) is 1. The maximum Gasteiger partial charge on any atom is 0.131 e. The summed E-state index contributed by atoms with van der Waals surface area (Å²) in [6.45, 7) is 4.25. The number of aromatic nitrogens is 1. The molecule has 0 amide bonds. The molecule has 2 rings (SSSR count). The highest BCUT2D eigenvalue weighted by molar-refractivity contribution is 7.09. The SMILES string of the molecule is CCc1nc(COc2ccc(F)cc2C(C)N)cs1. The highest BCUT2D eigenvalue weighted by Crippen LogP contribution is 2.25. The van der Waals surface area contributed by atoms with E-state index in [1.54, 1.807) is 24.3 Å². The molecule has 102 valence electrons. The monoisotopic (exact) mass is 280 g/mol. The molecule has 1 heterocycles. The Morgan fingerprint density at radius 3 is 2.89 bits per heavy atom. The lowest BCUT2D eigenvalue weighted by Crippen LogP contribution is -2.08. The van der Waals surface area contributed by atoms with Gasteiger partial charge >= 0.3 is 0 Å². The van der Waals surface area contributed by atoms with Crippen molar-refractivity contribution in [2.75, 3.05) is 0 Å². The van der Waals surface area contributed by atoms with Gasteiger partial charge in [-0.2, -0.15) is 0 Å². The first-order chi connectivity index (χ1) is 9.10. The molecule has 1 atom stereocenters. The number of hydrogen-bond acceptors (Lipinski definition) is 4. The second kappa shape index (κ2) is 6.12. The lowest BCUT2D eigenvalue weighted by atomic mass is 10.1. The Kier molecular flexibility index (Phi) is 4.50. The highest BCUT2D eigenvalue weighted by atomic mass is 32.1. The minimum atomic E-state index is -0.304. The average molecular weight is 280 g/mol. The van der Waals surface area contributed by atoms with E-state index in [0.29, 0.717) is 17.9 Å². The van der Waals surface area contributed by atoms with E-state index in [-0.39, 0.29) is 11.9 Å². The predicted molar refractivity (Wildman–Crippen MR) is 74.8 cm³/mol. The van der Waals surface area contributed by atoms with Crippen LogP contribution in [-0.2, 0) is 13.0 Å². The zero-order chi connectivity index (χ0) is 13.8. The van der Waals surface area contributed by atoms with Crippen LogP contribution in [0.15, 0.2) is 23.6 Å². The van der Waals surface area contributed by atoms with Crippen LogP contribution in [0.2, 0.25) is 0 Å².